The van der Waals surface area contributed by atoms with Crippen molar-refractivity contribution in [2.75, 3.05) is 20.1 Å². The molecule has 0 aliphatic carbocycles. The molecule has 0 bridgehead atoms. The quantitative estimate of drug-likeness (QED) is 0.812. The first-order chi connectivity index (χ1) is 12.1. The van der Waals surface area contributed by atoms with Gasteiger partial charge in [-0.05, 0) is 44.0 Å². The highest BCUT2D eigenvalue weighted by Crippen LogP contribution is 2.25. The number of aliphatic carboxylic acids is 1. The van der Waals surface area contributed by atoms with Crippen LogP contribution in [0.3, 0.4) is 0 Å². The van der Waals surface area contributed by atoms with Crippen molar-refractivity contribution in [1.82, 2.24) is 9.21 Å². The molecule has 1 amide bonds. The van der Waals surface area contributed by atoms with Gasteiger partial charge >= 0.3 is 5.97 Å². The van der Waals surface area contributed by atoms with E-state index in [1.54, 1.807) is 0 Å². The van der Waals surface area contributed by atoms with E-state index in [1.165, 1.54) is 47.4 Å². The van der Waals surface area contributed by atoms with Crippen LogP contribution in [-0.4, -0.2) is 60.8 Å². The van der Waals surface area contributed by atoms with Crippen molar-refractivity contribution in [3.05, 3.63) is 29.8 Å². The number of sulfonamides is 1. The van der Waals surface area contributed by atoms with Gasteiger partial charge in [-0.2, -0.15) is 4.31 Å². The summed E-state index contributed by atoms with van der Waals surface area (Å²) < 4.78 is 27.1. The zero-order chi connectivity index (χ0) is 19.5. The molecule has 8 heteroatoms. The lowest BCUT2D eigenvalue weighted by atomic mass is 10.1. The molecule has 0 aromatic heterocycles. The van der Waals surface area contributed by atoms with Crippen LogP contribution in [0.15, 0.2) is 29.2 Å². The highest BCUT2D eigenvalue weighted by molar-refractivity contribution is 7.89. The molecule has 26 heavy (non-hydrogen) atoms. The lowest BCUT2D eigenvalue weighted by molar-refractivity contribution is -0.141. The second-order valence-corrected chi connectivity index (χ2v) is 8.80. The highest BCUT2D eigenvalue weighted by Gasteiger charge is 2.31. The van der Waals surface area contributed by atoms with E-state index in [1.807, 2.05) is 6.92 Å². The number of hydrogen-bond acceptors (Lipinski definition) is 4. The number of hydrogen-bond donors (Lipinski definition) is 1. The average molecular weight is 382 g/mol. The molecule has 0 radical (unpaired) electrons. The molecule has 1 heterocycles. The largest absolute Gasteiger partial charge is 0.481 e. The number of piperidine rings is 1. The fourth-order valence-corrected chi connectivity index (χ4v) is 4.83. The summed E-state index contributed by atoms with van der Waals surface area (Å²) in [5, 5.41) is 8.95. The van der Waals surface area contributed by atoms with Gasteiger partial charge in [-0.1, -0.05) is 13.3 Å². The van der Waals surface area contributed by atoms with E-state index >= 15 is 0 Å². The second kappa shape index (κ2) is 8.18. The second-order valence-electron chi connectivity index (χ2n) is 6.91. The van der Waals surface area contributed by atoms with Crippen LogP contribution < -0.4 is 0 Å². The Bertz CT molecular complexity index is 760. The molecule has 1 N–H and O–H groups in total. The number of carboxylic acids is 1. The molecule has 0 spiro atoms. The Morgan fingerprint density at radius 1 is 1.27 bits per heavy atom. The monoisotopic (exact) mass is 382 g/mol. The summed E-state index contributed by atoms with van der Waals surface area (Å²) in [7, 11) is -2.04. The predicted octanol–water partition coefficient (Wildman–Crippen LogP) is 2.04. The van der Waals surface area contributed by atoms with Crippen molar-refractivity contribution >= 4 is 21.9 Å². The van der Waals surface area contributed by atoms with E-state index in [4.69, 9.17) is 5.11 Å². The summed E-state index contributed by atoms with van der Waals surface area (Å²) in [5.74, 6) is -1.99. The maximum atomic E-state index is 12.8. The summed E-state index contributed by atoms with van der Waals surface area (Å²) >= 11 is 0. The maximum absolute atomic E-state index is 12.8. The Morgan fingerprint density at radius 3 is 2.42 bits per heavy atom. The Labute approximate surface area is 154 Å². The SMILES string of the molecule is CC(CN(C)C(=O)c1ccc(S(=O)(=O)N2CCCCC2C)cc1)C(=O)O. The summed E-state index contributed by atoms with van der Waals surface area (Å²) in [6, 6.07) is 5.81. The molecule has 1 aliphatic heterocycles. The Balaban J connectivity index is 2.14. The smallest absolute Gasteiger partial charge is 0.308 e. The molecule has 0 saturated carbocycles. The van der Waals surface area contributed by atoms with Gasteiger partial charge in [0.1, 0.15) is 0 Å². The van der Waals surface area contributed by atoms with Crippen LogP contribution in [0.25, 0.3) is 0 Å². The minimum absolute atomic E-state index is 0.0290. The molecular formula is C18H26N2O5S. The van der Waals surface area contributed by atoms with E-state index in [-0.39, 0.29) is 23.4 Å². The molecule has 2 unspecified atom stereocenters. The molecule has 1 aromatic carbocycles. The van der Waals surface area contributed by atoms with Crippen LogP contribution in [0.5, 0.6) is 0 Å². The lowest BCUT2D eigenvalue weighted by Gasteiger charge is -2.32. The molecule has 144 valence electrons. The summed E-state index contributed by atoms with van der Waals surface area (Å²) in [5.41, 5.74) is 0.329. The fourth-order valence-electron chi connectivity index (χ4n) is 3.13. The van der Waals surface area contributed by atoms with E-state index in [0.29, 0.717) is 12.1 Å². The topological polar surface area (TPSA) is 95.0 Å². The van der Waals surface area contributed by atoms with Gasteiger partial charge in [0, 0.05) is 31.7 Å². The third-order valence-corrected chi connectivity index (χ3v) is 6.79. The molecule has 2 atom stereocenters. The van der Waals surface area contributed by atoms with Crippen LogP contribution in [0.2, 0.25) is 0 Å². The van der Waals surface area contributed by atoms with Crippen molar-refractivity contribution in [2.45, 2.75) is 44.0 Å². The maximum Gasteiger partial charge on any atom is 0.308 e. The number of amides is 1. The normalized spacial score (nSPS) is 19.7. The number of benzene rings is 1. The molecule has 1 saturated heterocycles. The third kappa shape index (κ3) is 4.42. The summed E-state index contributed by atoms with van der Waals surface area (Å²) in [6.07, 6.45) is 2.73. The zero-order valence-corrected chi connectivity index (χ0v) is 16.2. The molecule has 2 rings (SSSR count). The zero-order valence-electron chi connectivity index (χ0n) is 15.4. The van der Waals surface area contributed by atoms with Crippen molar-refractivity contribution in [2.24, 2.45) is 5.92 Å². The van der Waals surface area contributed by atoms with E-state index < -0.39 is 21.9 Å². The summed E-state index contributed by atoms with van der Waals surface area (Å²) in [6.45, 7) is 4.04. The average Bonchev–Trinajstić information content (AvgIpc) is 2.61. The number of rotatable bonds is 6. The van der Waals surface area contributed by atoms with E-state index in [0.717, 1.165) is 19.3 Å². The van der Waals surface area contributed by atoms with Gasteiger partial charge in [0.2, 0.25) is 10.0 Å². The van der Waals surface area contributed by atoms with Crippen LogP contribution >= 0.6 is 0 Å². The molecular weight excluding hydrogens is 356 g/mol. The van der Waals surface area contributed by atoms with Gasteiger partial charge in [-0.15, -0.1) is 0 Å². The number of carbonyl (C=O) groups is 2. The van der Waals surface area contributed by atoms with Gasteiger partial charge < -0.3 is 10.0 Å². The predicted molar refractivity (Wildman–Crippen MR) is 97.4 cm³/mol. The minimum Gasteiger partial charge on any atom is -0.481 e. The first kappa shape index (κ1) is 20.4. The highest BCUT2D eigenvalue weighted by atomic mass is 32.2. The molecule has 1 aromatic rings. The molecule has 1 fully saturated rings. The van der Waals surface area contributed by atoms with Gasteiger partial charge in [0.05, 0.1) is 10.8 Å². The van der Waals surface area contributed by atoms with Crippen LogP contribution in [0.1, 0.15) is 43.5 Å². The standard InChI is InChI=1S/C18H26N2O5S/c1-13(18(22)23)12-19(3)17(21)15-7-9-16(10-8-15)26(24,25)20-11-5-4-6-14(20)2/h7-10,13-14H,4-6,11-12H2,1-3H3,(H,22,23). The van der Waals surface area contributed by atoms with Gasteiger partial charge in [0.15, 0.2) is 0 Å². The van der Waals surface area contributed by atoms with Gasteiger partial charge in [-0.25, -0.2) is 8.42 Å². The Kier molecular flexibility index (Phi) is 6.41. The van der Waals surface area contributed by atoms with Crippen molar-refractivity contribution in [1.29, 1.82) is 0 Å². The Morgan fingerprint density at radius 2 is 1.88 bits per heavy atom. The Hall–Kier alpha value is -1.93. The minimum atomic E-state index is -3.57. The third-order valence-electron chi connectivity index (χ3n) is 4.77. The van der Waals surface area contributed by atoms with Crippen molar-refractivity contribution in [3.8, 4) is 0 Å². The molecule has 1 aliphatic rings. The summed E-state index contributed by atoms with van der Waals surface area (Å²) in [4.78, 5) is 24.8. The van der Waals surface area contributed by atoms with Crippen molar-refractivity contribution < 1.29 is 23.1 Å². The van der Waals surface area contributed by atoms with Gasteiger partial charge in [-0.3, -0.25) is 9.59 Å². The molecule has 7 nitrogen and oxygen atoms in total. The number of carbonyl (C=O) groups excluding carboxylic acids is 1. The van der Waals surface area contributed by atoms with Crippen LogP contribution in [0, 0.1) is 5.92 Å². The lowest BCUT2D eigenvalue weighted by Crippen LogP contribution is -2.41. The van der Waals surface area contributed by atoms with Gasteiger partial charge in [0.25, 0.3) is 5.91 Å². The number of nitrogens with zero attached hydrogens (tertiary/aromatic N) is 2. The van der Waals surface area contributed by atoms with E-state index in [9.17, 15) is 18.0 Å². The fraction of sp³-hybridized carbons (Fsp3) is 0.556. The number of carboxylic acid groups (broad SMARTS) is 1. The van der Waals surface area contributed by atoms with E-state index in [2.05, 4.69) is 0 Å². The first-order valence-corrected chi connectivity index (χ1v) is 10.2. The first-order valence-electron chi connectivity index (χ1n) is 8.74. The van der Waals surface area contributed by atoms with Crippen LogP contribution in [0.4, 0.5) is 0 Å². The van der Waals surface area contributed by atoms with Crippen molar-refractivity contribution in [3.63, 3.8) is 0 Å². The van der Waals surface area contributed by atoms with Crippen LogP contribution in [-0.2, 0) is 14.8 Å².